The zero-order valence-electron chi connectivity index (χ0n) is 14.0. The van der Waals surface area contributed by atoms with E-state index in [0.29, 0.717) is 49.7 Å². The number of carboxylic acid groups (broad SMARTS) is 1. The van der Waals surface area contributed by atoms with Gasteiger partial charge in [0.1, 0.15) is 0 Å². The van der Waals surface area contributed by atoms with Crippen molar-refractivity contribution in [3.05, 3.63) is 23.8 Å². The second-order valence-corrected chi connectivity index (χ2v) is 6.93. The van der Waals surface area contributed by atoms with E-state index in [1.54, 1.807) is 7.11 Å². The SMILES string of the molecule is COc1ccc([C@]2(C#N)CC[C@H](C(=O)O)CC2)cc1OCC1CC1. The average Bonchev–Trinajstić information content (AvgIpc) is 3.44. The Morgan fingerprint density at radius 3 is 2.54 bits per heavy atom. The van der Waals surface area contributed by atoms with Gasteiger partial charge in [-0.15, -0.1) is 0 Å². The highest BCUT2D eigenvalue weighted by Gasteiger charge is 2.39. The third-order valence-corrected chi connectivity index (χ3v) is 5.29. The van der Waals surface area contributed by atoms with Crippen molar-refractivity contribution in [1.29, 1.82) is 5.26 Å². The van der Waals surface area contributed by atoms with E-state index >= 15 is 0 Å². The molecular formula is C19H23NO4. The Kier molecular flexibility index (Phi) is 4.66. The Hall–Kier alpha value is -2.22. The summed E-state index contributed by atoms with van der Waals surface area (Å²) in [7, 11) is 1.61. The Morgan fingerprint density at radius 2 is 2.00 bits per heavy atom. The molecule has 0 aliphatic heterocycles. The third-order valence-electron chi connectivity index (χ3n) is 5.29. The quantitative estimate of drug-likeness (QED) is 0.864. The van der Waals surface area contributed by atoms with Crippen LogP contribution in [-0.2, 0) is 10.2 Å². The van der Waals surface area contributed by atoms with E-state index in [1.807, 2.05) is 18.2 Å². The summed E-state index contributed by atoms with van der Waals surface area (Å²) in [6, 6.07) is 8.11. The number of methoxy groups -OCH3 is 1. The first-order valence-corrected chi connectivity index (χ1v) is 8.53. The van der Waals surface area contributed by atoms with Crippen LogP contribution in [0.3, 0.4) is 0 Å². The number of hydrogen-bond acceptors (Lipinski definition) is 4. The lowest BCUT2D eigenvalue weighted by atomic mass is 9.67. The summed E-state index contributed by atoms with van der Waals surface area (Å²) in [5.74, 6) is 0.887. The lowest BCUT2D eigenvalue weighted by molar-refractivity contribution is -0.143. The van der Waals surface area contributed by atoms with Crippen LogP contribution < -0.4 is 9.47 Å². The summed E-state index contributed by atoms with van der Waals surface area (Å²) in [6.45, 7) is 0.681. The maximum atomic E-state index is 11.2. The molecule has 0 spiro atoms. The molecular weight excluding hydrogens is 306 g/mol. The number of rotatable bonds is 6. The van der Waals surface area contributed by atoms with Gasteiger partial charge in [-0.05, 0) is 62.1 Å². The molecule has 1 aromatic carbocycles. The number of ether oxygens (including phenoxy) is 2. The minimum atomic E-state index is -0.760. The maximum Gasteiger partial charge on any atom is 0.306 e. The van der Waals surface area contributed by atoms with E-state index in [-0.39, 0.29) is 5.92 Å². The summed E-state index contributed by atoms with van der Waals surface area (Å²) in [4.78, 5) is 11.2. The summed E-state index contributed by atoms with van der Waals surface area (Å²) in [5.41, 5.74) is 0.274. The lowest BCUT2D eigenvalue weighted by Gasteiger charge is -2.34. The molecule has 2 saturated carbocycles. The highest BCUT2D eigenvalue weighted by molar-refractivity contribution is 5.70. The number of aliphatic carboxylic acids is 1. The van der Waals surface area contributed by atoms with Crippen molar-refractivity contribution in [3.8, 4) is 17.6 Å². The van der Waals surface area contributed by atoms with E-state index < -0.39 is 11.4 Å². The van der Waals surface area contributed by atoms with E-state index in [1.165, 1.54) is 12.8 Å². The number of nitriles is 1. The van der Waals surface area contributed by atoms with Gasteiger partial charge in [-0.2, -0.15) is 5.26 Å². The predicted octanol–water partition coefficient (Wildman–Crippen LogP) is 3.52. The van der Waals surface area contributed by atoms with Gasteiger partial charge in [-0.25, -0.2) is 0 Å². The molecule has 1 N–H and O–H groups in total. The first kappa shape index (κ1) is 16.6. The van der Waals surface area contributed by atoms with Gasteiger partial charge < -0.3 is 14.6 Å². The molecule has 2 aliphatic carbocycles. The summed E-state index contributed by atoms with van der Waals surface area (Å²) in [5, 5.41) is 19.0. The van der Waals surface area contributed by atoms with Gasteiger partial charge in [0.15, 0.2) is 11.5 Å². The number of benzene rings is 1. The molecule has 128 valence electrons. The molecule has 2 fully saturated rings. The second kappa shape index (κ2) is 6.72. The molecule has 3 rings (SSSR count). The van der Waals surface area contributed by atoms with Gasteiger partial charge in [-0.3, -0.25) is 4.79 Å². The average molecular weight is 329 g/mol. The van der Waals surface area contributed by atoms with Crippen LogP contribution in [0.1, 0.15) is 44.1 Å². The summed E-state index contributed by atoms with van der Waals surface area (Å²) < 4.78 is 11.3. The van der Waals surface area contributed by atoms with Crippen molar-refractivity contribution < 1.29 is 19.4 Å². The second-order valence-electron chi connectivity index (χ2n) is 6.93. The minimum Gasteiger partial charge on any atom is -0.493 e. The van der Waals surface area contributed by atoms with E-state index in [2.05, 4.69) is 6.07 Å². The smallest absolute Gasteiger partial charge is 0.306 e. The van der Waals surface area contributed by atoms with Crippen LogP contribution in [0.4, 0.5) is 0 Å². The van der Waals surface area contributed by atoms with Crippen LogP contribution in [0, 0.1) is 23.2 Å². The van der Waals surface area contributed by atoms with Crippen LogP contribution in [0.25, 0.3) is 0 Å². The molecule has 0 unspecified atom stereocenters. The van der Waals surface area contributed by atoms with E-state index in [0.717, 1.165) is 5.56 Å². The molecule has 0 amide bonds. The largest absolute Gasteiger partial charge is 0.493 e. The van der Waals surface area contributed by atoms with Crippen molar-refractivity contribution in [2.45, 2.75) is 43.9 Å². The molecule has 2 aliphatic rings. The number of carboxylic acids is 1. The van der Waals surface area contributed by atoms with Gasteiger partial charge in [-0.1, -0.05) is 6.07 Å². The zero-order valence-corrected chi connectivity index (χ0v) is 14.0. The summed E-state index contributed by atoms with van der Waals surface area (Å²) >= 11 is 0. The van der Waals surface area contributed by atoms with Crippen molar-refractivity contribution in [1.82, 2.24) is 0 Å². The molecule has 1 aromatic rings. The maximum absolute atomic E-state index is 11.2. The number of carbonyl (C=O) groups is 1. The van der Waals surface area contributed by atoms with Crippen molar-refractivity contribution in [2.75, 3.05) is 13.7 Å². The van der Waals surface area contributed by atoms with Crippen molar-refractivity contribution in [2.24, 2.45) is 11.8 Å². The van der Waals surface area contributed by atoms with Crippen LogP contribution in [0.2, 0.25) is 0 Å². The van der Waals surface area contributed by atoms with Crippen molar-refractivity contribution in [3.63, 3.8) is 0 Å². The van der Waals surface area contributed by atoms with Crippen LogP contribution in [-0.4, -0.2) is 24.8 Å². The normalized spacial score (nSPS) is 26.4. The molecule has 5 nitrogen and oxygen atoms in total. The molecule has 0 atom stereocenters. The first-order chi connectivity index (χ1) is 11.6. The van der Waals surface area contributed by atoms with Gasteiger partial charge in [0.05, 0.1) is 31.1 Å². The van der Waals surface area contributed by atoms with E-state index in [9.17, 15) is 15.2 Å². The molecule has 0 radical (unpaired) electrons. The Morgan fingerprint density at radius 1 is 1.29 bits per heavy atom. The van der Waals surface area contributed by atoms with Gasteiger partial charge in [0.2, 0.25) is 0 Å². The minimum absolute atomic E-state index is 0.338. The van der Waals surface area contributed by atoms with Crippen LogP contribution in [0.15, 0.2) is 18.2 Å². The highest BCUT2D eigenvalue weighted by atomic mass is 16.5. The Labute approximate surface area is 142 Å². The Balaban J connectivity index is 1.82. The van der Waals surface area contributed by atoms with Gasteiger partial charge >= 0.3 is 5.97 Å². The number of nitrogens with zero attached hydrogens (tertiary/aromatic N) is 1. The fourth-order valence-electron chi connectivity index (χ4n) is 3.40. The Bertz CT molecular complexity index is 652. The molecule has 0 aromatic heterocycles. The van der Waals surface area contributed by atoms with Gasteiger partial charge in [0, 0.05) is 0 Å². The topological polar surface area (TPSA) is 79.5 Å². The van der Waals surface area contributed by atoms with Crippen LogP contribution in [0.5, 0.6) is 11.5 Å². The molecule has 0 heterocycles. The molecule has 24 heavy (non-hydrogen) atoms. The third kappa shape index (κ3) is 3.33. The fourth-order valence-corrected chi connectivity index (χ4v) is 3.40. The zero-order chi connectivity index (χ0) is 17.2. The fraction of sp³-hybridized carbons (Fsp3) is 0.579. The van der Waals surface area contributed by atoms with Gasteiger partial charge in [0.25, 0.3) is 0 Å². The molecule has 5 heteroatoms. The first-order valence-electron chi connectivity index (χ1n) is 8.53. The monoisotopic (exact) mass is 329 g/mol. The molecule has 0 bridgehead atoms. The molecule has 0 saturated heterocycles. The lowest BCUT2D eigenvalue weighted by Crippen LogP contribution is -2.32. The standard InChI is InChI=1S/C19H23NO4/c1-23-16-5-4-15(10-17(16)24-11-13-2-3-13)19(12-20)8-6-14(7-9-19)18(21)22/h4-5,10,13-14H,2-3,6-9,11H2,1H3,(H,21,22)/t14-,19+. The predicted molar refractivity (Wildman–Crippen MR) is 88.1 cm³/mol. The van der Waals surface area contributed by atoms with Crippen molar-refractivity contribution >= 4 is 5.97 Å². The highest BCUT2D eigenvalue weighted by Crippen LogP contribution is 2.44. The number of hydrogen-bond donors (Lipinski definition) is 1. The van der Waals surface area contributed by atoms with E-state index in [4.69, 9.17) is 9.47 Å². The summed E-state index contributed by atoms with van der Waals surface area (Å²) in [6.07, 6.45) is 4.62. The van der Waals surface area contributed by atoms with Crippen LogP contribution >= 0.6 is 0 Å².